The molecule has 1 rings (SSSR count). The largest absolute Gasteiger partial charge is 0.615 e. The van der Waals surface area contributed by atoms with Gasteiger partial charge < -0.3 is 4.55 Å². The Labute approximate surface area is 73.4 Å². The van der Waals surface area contributed by atoms with Crippen molar-refractivity contribution in [2.45, 2.75) is 10.8 Å². The first-order valence-electron chi connectivity index (χ1n) is 3.09. The molecule has 0 aromatic carbocycles. The standard InChI is InChI=1S/C6H10N2OS2/c1-10-6-3-7-8(4-6)5-11(2)9/h3-4H,5H2,1-2H3. The summed E-state index contributed by atoms with van der Waals surface area (Å²) in [5.41, 5.74) is 0. The number of aromatic nitrogens is 2. The van der Waals surface area contributed by atoms with Gasteiger partial charge in [0.25, 0.3) is 0 Å². The SMILES string of the molecule is CSc1cnn(C[S+](C)[O-])c1. The van der Waals surface area contributed by atoms with Gasteiger partial charge in [0.2, 0.25) is 0 Å². The lowest BCUT2D eigenvalue weighted by Crippen LogP contribution is -2.08. The van der Waals surface area contributed by atoms with E-state index in [9.17, 15) is 4.55 Å². The van der Waals surface area contributed by atoms with Crippen LogP contribution in [0.2, 0.25) is 0 Å². The predicted octanol–water partition coefficient (Wildman–Crippen LogP) is 0.941. The molecule has 62 valence electrons. The molecule has 0 spiro atoms. The van der Waals surface area contributed by atoms with E-state index < -0.39 is 11.2 Å². The summed E-state index contributed by atoms with van der Waals surface area (Å²) in [6, 6.07) is 0. The van der Waals surface area contributed by atoms with Crippen molar-refractivity contribution in [1.82, 2.24) is 9.78 Å². The Hall–Kier alpha value is -0.130. The lowest BCUT2D eigenvalue weighted by atomic mass is 10.7. The Morgan fingerprint density at radius 2 is 2.55 bits per heavy atom. The fraction of sp³-hybridized carbons (Fsp3) is 0.500. The summed E-state index contributed by atoms with van der Waals surface area (Å²) in [5, 5.41) is 4.03. The van der Waals surface area contributed by atoms with Gasteiger partial charge in [-0.15, -0.1) is 11.8 Å². The van der Waals surface area contributed by atoms with E-state index in [-0.39, 0.29) is 0 Å². The smallest absolute Gasteiger partial charge is 0.197 e. The van der Waals surface area contributed by atoms with E-state index >= 15 is 0 Å². The van der Waals surface area contributed by atoms with Crippen LogP contribution in [0.3, 0.4) is 0 Å². The molecule has 3 nitrogen and oxygen atoms in total. The summed E-state index contributed by atoms with van der Waals surface area (Å²) >= 11 is 0.820. The van der Waals surface area contributed by atoms with Crippen molar-refractivity contribution in [1.29, 1.82) is 0 Å². The normalized spacial score (nSPS) is 13.4. The molecule has 1 aromatic heterocycles. The van der Waals surface area contributed by atoms with E-state index in [4.69, 9.17) is 0 Å². The summed E-state index contributed by atoms with van der Waals surface area (Å²) in [5.74, 6) is 0.487. The first kappa shape index (κ1) is 8.96. The molecule has 1 unspecified atom stereocenters. The summed E-state index contributed by atoms with van der Waals surface area (Å²) in [6.45, 7) is 0. The predicted molar refractivity (Wildman–Crippen MR) is 48.1 cm³/mol. The number of nitrogens with zero attached hydrogens (tertiary/aromatic N) is 2. The zero-order chi connectivity index (χ0) is 8.27. The third-order valence-electron chi connectivity index (χ3n) is 1.16. The Morgan fingerprint density at radius 1 is 1.82 bits per heavy atom. The van der Waals surface area contributed by atoms with Gasteiger partial charge in [0.15, 0.2) is 5.88 Å². The Balaban J connectivity index is 2.58. The van der Waals surface area contributed by atoms with E-state index in [0.717, 1.165) is 4.90 Å². The molecule has 0 fully saturated rings. The van der Waals surface area contributed by atoms with Gasteiger partial charge in [-0.1, -0.05) is 0 Å². The third-order valence-corrected chi connectivity index (χ3v) is 2.47. The molecule has 0 saturated heterocycles. The van der Waals surface area contributed by atoms with Crippen LogP contribution in [-0.4, -0.2) is 26.8 Å². The summed E-state index contributed by atoms with van der Waals surface area (Å²) < 4.78 is 12.5. The second kappa shape index (κ2) is 4.04. The van der Waals surface area contributed by atoms with Gasteiger partial charge in [0.05, 0.1) is 12.5 Å². The maximum atomic E-state index is 10.8. The zero-order valence-corrected chi connectivity index (χ0v) is 8.11. The van der Waals surface area contributed by atoms with Crippen LogP contribution in [0.5, 0.6) is 0 Å². The maximum absolute atomic E-state index is 10.8. The van der Waals surface area contributed by atoms with E-state index in [1.807, 2.05) is 12.5 Å². The number of thioether (sulfide) groups is 1. The minimum Gasteiger partial charge on any atom is -0.615 e. The van der Waals surface area contributed by atoms with Crippen molar-refractivity contribution in [3.8, 4) is 0 Å². The van der Waals surface area contributed by atoms with Crippen molar-refractivity contribution in [2.24, 2.45) is 0 Å². The zero-order valence-electron chi connectivity index (χ0n) is 6.48. The Bertz CT molecular complexity index is 224. The molecule has 0 radical (unpaired) electrons. The van der Waals surface area contributed by atoms with Crippen LogP contribution in [0.25, 0.3) is 0 Å². The summed E-state index contributed by atoms with van der Waals surface area (Å²) in [6.07, 6.45) is 7.33. The van der Waals surface area contributed by atoms with Gasteiger partial charge in [-0.05, 0) is 17.4 Å². The quantitative estimate of drug-likeness (QED) is 0.526. The topological polar surface area (TPSA) is 40.9 Å². The molecule has 1 aromatic rings. The minimum atomic E-state index is -0.814. The van der Waals surface area contributed by atoms with Crippen molar-refractivity contribution < 1.29 is 4.55 Å². The maximum Gasteiger partial charge on any atom is 0.197 e. The average Bonchev–Trinajstić information content (AvgIpc) is 2.34. The first-order chi connectivity index (χ1) is 5.22. The van der Waals surface area contributed by atoms with E-state index in [1.54, 1.807) is 28.9 Å². The lowest BCUT2D eigenvalue weighted by Gasteiger charge is -2.03. The second-order valence-electron chi connectivity index (χ2n) is 2.12. The summed E-state index contributed by atoms with van der Waals surface area (Å²) in [7, 11) is 0. The lowest BCUT2D eigenvalue weighted by molar-refractivity contribution is 0.580. The number of hydrogen-bond acceptors (Lipinski definition) is 3. The Morgan fingerprint density at radius 3 is 3.00 bits per heavy atom. The van der Waals surface area contributed by atoms with Crippen LogP contribution in [0.15, 0.2) is 17.3 Å². The van der Waals surface area contributed by atoms with Crippen LogP contribution in [-0.2, 0) is 17.1 Å². The number of rotatable bonds is 3. The molecular weight excluding hydrogens is 180 g/mol. The highest BCUT2D eigenvalue weighted by Crippen LogP contribution is 2.12. The van der Waals surface area contributed by atoms with Gasteiger partial charge in [-0.2, -0.15) is 5.10 Å². The molecule has 0 bridgehead atoms. The molecule has 11 heavy (non-hydrogen) atoms. The molecule has 0 amide bonds. The van der Waals surface area contributed by atoms with Crippen LogP contribution >= 0.6 is 11.8 Å². The highest BCUT2D eigenvalue weighted by Gasteiger charge is 2.00. The monoisotopic (exact) mass is 190 g/mol. The van der Waals surface area contributed by atoms with Gasteiger partial charge in [0, 0.05) is 11.1 Å². The van der Waals surface area contributed by atoms with Gasteiger partial charge in [-0.25, -0.2) is 4.68 Å². The molecule has 0 aliphatic heterocycles. The summed E-state index contributed by atoms with van der Waals surface area (Å²) in [4.78, 5) is 1.11. The molecule has 0 N–H and O–H groups in total. The molecule has 0 aliphatic carbocycles. The van der Waals surface area contributed by atoms with Gasteiger partial charge in [0.1, 0.15) is 0 Å². The van der Waals surface area contributed by atoms with Gasteiger partial charge >= 0.3 is 0 Å². The molecule has 0 saturated carbocycles. The van der Waals surface area contributed by atoms with E-state index in [1.165, 1.54) is 0 Å². The van der Waals surface area contributed by atoms with Crippen LogP contribution in [0, 0.1) is 0 Å². The van der Waals surface area contributed by atoms with Crippen LogP contribution in [0.4, 0.5) is 0 Å². The fourth-order valence-electron chi connectivity index (χ4n) is 0.707. The van der Waals surface area contributed by atoms with Crippen molar-refractivity contribution in [3.05, 3.63) is 12.4 Å². The molecule has 1 heterocycles. The van der Waals surface area contributed by atoms with E-state index in [2.05, 4.69) is 5.10 Å². The average molecular weight is 190 g/mol. The number of hydrogen-bond donors (Lipinski definition) is 0. The molecule has 5 heteroatoms. The molecule has 0 aliphatic rings. The van der Waals surface area contributed by atoms with Gasteiger partial charge in [-0.3, -0.25) is 0 Å². The molecule has 1 atom stereocenters. The molecular formula is C6H10N2OS2. The Kier molecular flexibility index (Phi) is 3.29. The van der Waals surface area contributed by atoms with Crippen molar-refractivity contribution in [2.75, 3.05) is 12.5 Å². The second-order valence-corrected chi connectivity index (χ2v) is 4.41. The highest BCUT2D eigenvalue weighted by atomic mass is 32.2. The van der Waals surface area contributed by atoms with Crippen LogP contribution in [0.1, 0.15) is 0 Å². The van der Waals surface area contributed by atoms with Crippen molar-refractivity contribution in [3.63, 3.8) is 0 Å². The van der Waals surface area contributed by atoms with Crippen molar-refractivity contribution >= 4 is 22.9 Å². The minimum absolute atomic E-state index is 0.487. The highest BCUT2D eigenvalue weighted by molar-refractivity contribution is 7.98. The first-order valence-corrected chi connectivity index (χ1v) is 6.04. The van der Waals surface area contributed by atoms with Crippen LogP contribution < -0.4 is 0 Å². The fourth-order valence-corrected chi connectivity index (χ4v) is 1.60. The van der Waals surface area contributed by atoms with E-state index in [0.29, 0.717) is 5.88 Å². The third kappa shape index (κ3) is 2.76.